The zero-order chi connectivity index (χ0) is 13.0. The van der Waals surface area contributed by atoms with Gasteiger partial charge < -0.3 is 5.11 Å². The molecule has 0 bridgehead atoms. The monoisotopic (exact) mass is 280 g/mol. The number of rotatable bonds is 3. The van der Waals surface area contributed by atoms with Gasteiger partial charge in [-0.2, -0.15) is 5.26 Å². The molecule has 1 aromatic rings. The third kappa shape index (κ3) is 4.23. The van der Waals surface area contributed by atoms with Crippen LogP contribution in [0.4, 0.5) is 0 Å². The summed E-state index contributed by atoms with van der Waals surface area (Å²) in [6.45, 7) is 2.33. The lowest BCUT2D eigenvalue weighted by atomic mass is 9.98. The highest BCUT2D eigenvalue weighted by molar-refractivity contribution is 5.85. The fourth-order valence-corrected chi connectivity index (χ4v) is 2.34. The van der Waals surface area contributed by atoms with Crippen molar-refractivity contribution >= 4 is 18.4 Å². The first-order chi connectivity index (χ1) is 8.69. The quantitative estimate of drug-likeness (QED) is 0.922. The second kappa shape index (κ2) is 7.13. The van der Waals surface area contributed by atoms with E-state index >= 15 is 0 Å². The number of hydrogen-bond donors (Lipinski definition) is 1. The molecule has 1 aromatic carbocycles. The van der Waals surface area contributed by atoms with E-state index in [-0.39, 0.29) is 18.3 Å². The average Bonchev–Trinajstić information content (AvgIpc) is 2.40. The fraction of sp³-hybridized carbons (Fsp3) is 0.429. The first kappa shape index (κ1) is 15.5. The van der Waals surface area contributed by atoms with Gasteiger partial charge >= 0.3 is 5.97 Å². The Balaban J connectivity index is 0.00000180. The summed E-state index contributed by atoms with van der Waals surface area (Å²) in [6.07, 6.45) is 1.71. The summed E-state index contributed by atoms with van der Waals surface area (Å²) in [5.74, 6) is -0.934. The van der Waals surface area contributed by atoms with E-state index in [4.69, 9.17) is 10.4 Å². The van der Waals surface area contributed by atoms with E-state index in [1.54, 1.807) is 12.1 Å². The average molecular weight is 281 g/mol. The SMILES string of the molecule is Cl.N#Cc1ccc(CN2CCCC(C(=O)O)C2)cc1. The summed E-state index contributed by atoms with van der Waals surface area (Å²) in [6, 6.07) is 9.55. The van der Waals surface area contributed by atoms with E-state index in [1.807, 2.05) is 12.1 Å². The summed E-state index contributed by atoms with van der Waals surface area (Å²) in [5, 5.41) is 17.7. The second-order valence-corrected chi connectivity index (χ2v) is 4.72. The van der Waals surface area contributed by atoms with Gasteiger partial charge in [0.2, 0.25) is 0 Å². The molecule has 0 radical (unpaired) electrons. The van der Waals surface area contributed by atoms with Crippen molar-refractivity contribution in [2.24, 2.45) is 5.92 Å². The van der Waals surface area contributed by atoms with Crippen molar-refractivity contribution in [3.8, 4) is 6.07 Å². The Morgan fingerprint density at radius 3 is 2.68 bits per heavy atom. The smallest absolute Gasteiger partial charge is 0.307 e. The molecule has 1 saturated heterocycles. The van der Waals surface area contributed by atoms with E-state index in [0.717, 1.165) is 31.5 Å². The lowest BCUT2D eigenvalue weighted by Crippen LogP contribution is -2.38. The Bertz CT molecular complexity index is 467. The first-order valence-corrected chi connectivity index (χ1v) is 6.13. The minimum atomic E-state index is -0.695. The van der Waals surface area contributed by atoms with Crippen molar-refractivity contribution < 1.29 is 9.90 Å². The van der Waals surface area contributed by atoms with Crippen LogP contribution in [0, 0.1) is 17.2 Å². The molecule has 1 atom stereocenters. The molecule has 0 spiro atoms. The van der Waals surface area contributed by atoms with E-state index in [2.05, 4.69) is 11.0 Å². The number of hydrogen-bond acceptors (Lipinski definition) is 3. The van der Waals surface area contributed by atoms with Crippen molar-refractivity contribution in [2.75, 3.05) is 13.1 Å². The molecule has 1 unspecified atom stereocenters. The van der Waals surface area contributed by atoms with Crippen molar-refractivity contribution in [3.63, 3.8) is 0 Å². The zero-order valence-corrected chi connectivity index (χ0v) is 11.4. The number of halogens is 1. The molecular weight excluding hydrogens is 264 g/mol. The maximum absolute atomic E-state index is 11.0. The number of aliphatic carboxylic acids is 1. The Hall–Kier alpha value is -1.57. The summed E-state index contributed by atoms with van der Waals surface area (Å²) in [5.41, 5.74) is 1.78. The molecule has 1 aliphatic rings. The molecule has 1 fully saturated rings. The summed E-state index contributed by atoms with van der Waals surface area (Å²) in [4.78, 5) is 13.1. The highest BCUT2D eigenvalue weighted by Gasteiger charge is 2.25. The molecule has 0 aromatic heterocycles. The van der Waals surface area contributed by atoms with Gasteiger partial charge in [-0.05, 0) is 37.1 Å². The highest BCUT2D eigenvalue weighted by atomic mass is 35.5. The fourth-order valence-electron chi connectivity index (χ4n) is 2.34. The Labute approximate surface area is 119 Å². The topological polar surface area (TPSA) is 64.3 Å². The number of nitrogens with zero attached hydrogens (tertiary/aromatic N) is 2. The lowest BCUT2D eigenvalue weighted by molar-refractivity contribution is -0.143. The molecule has 19 heavy (non-hydrogen) atoms. The number of carboxylic acid groups (broad SMARTS) is 1. The number of likely N-dealkylation sites (tertiary alicyclic amines) is 1. The number of nitriles is 1. The lowest BCUT2D eigenvalue weighted by Gasteiger charge is -2.30. The van der Waals surface area contributed by atoms with E-state index in [1.165, 1.54) is 0 Å². The van der Waals surface area contributed by atoms with Crippen LogP contribution in [0.15, 0.2) is 24.3 Å². The molecule has 5 heteroatoms. The summed E-state index contributed by atoms with van der Waals surface area (Å²) in [7, 11) is 0. The molecule has 2 rings (SSSR count). The van der Waals surface area contributed by atoms with Gasteiger partial charge in [-0.3, -0.25) is 9.69 Å². The van der Waals surface area contributed by atoms with Crippen molar-refractivity contribution in [1.29, 1.82) is 5.26 Å². The van der Waals surface area contributed by atoms with Crippen molar-refractivity contribution in [3.05, 3.63) is 35.4 Å². The van der Waals surface area contributed by atoms with Gasteiger partial charge in [-0.25, -0.2) is 0 Å². The molecule has 0 amide bonds. The minimum Gasteiger partial charge on any atom is -0.481 e. The highest BCUT2D eigenvalue weighted by Crippen LogP contribution is 2.18. The third-order valence-electron chi connectivity index (χ3n) is 3.34. The zero-order valence-electron chi connectivity index (χ0n) is 10.6. The van der Waals surface area contributed by atoms with Crippen molar-refractivity contribution in [1.82, 2.24) is 4.90 Å². The van der Waals surface area contributed by atoms with Gasteiger partial charge in [0.05, 0.1) is 17.6 Å². The predicted octanol–water partition coefficient (Wildman–Crippen LogP) is 2.28. The van der Waals surface area contributed by atoms with E-state index < -0.39 is 5.97 Å². The number of benzene rings is 1. The molecule has 4 nitrogen and oxygen atoms in total. The van der Waals surface area contributed by atoms with Crippen LogP contribution < -0.4 is 0 Å². The molecule has 1 heterocycles. The van der Waals surface area contributed by atoms with Crippen LogP contribution in [0.25, 0.3) is 0 Å². The van der Waals surface area contributed by atoms with Gasteiger partial charge in [-0.1, -0.05) is 12.1 Å². The second-order valence-electron chi connectivity index (χ2n) is 4.72. The normalized spacial score (nSPS) is 19.2. The summed E-state index contributed by atoms with van der Waals surface area (Å²) < 4.78 is 0. The van der Waals surface area contributed by atoms with Crippen LogP contribution >= 0.6 is 12.4 Å². The standard InChI is InChI=1S/C14H16N2O2.ClH/c15-8-11-3-5-12(6-4-11)9-16-7-1-2-13(10-16)14(17)18;/h3-6,13H,1-2,7,9-10H2,(H,17,18);1H. The Morgan fingerprint density at radius 2 is 2.11 bits per heavy atom. The van der Waals surface area contributed by atoms with Gasteiger partial charge in [0.1, 0.15) is 0 Å². The van der Waals surface area contributed by atoms with Crippen LogP contribution in [-0.2, 0) is 11.3 Å². The summed E-state index contributed by atoms with van der Waals surface area (Å²) >= 11 is 0. The molecule has 0 aliphatic carbocycles. The maximum Gasteiger partial charge on any atom is 0.307 e. The molecule has 0 saturated carbocycles. The minimum absolute atomic E-state index is 0. The van der Waals surface area contributed by atoms with E-state index in [0.29, 0.717) is 12.1 Å². The van der Waals surface area contributed by atoms with Crippen molar-refractivity contribution in [2.45, 2.75) is 19.4 Å². The molecular formula is C14H17ClN2O2. The van der Waals surface area contributed by atoms with Gasteiger partial charge in [-0.15, -0.1) is 12.4 Å². The predicted molar refractivity (Wildman–Crippen MR) is 74.0 cm³/mol. The number of carbonyl (C=O) groups is 1. The van der Waals surface area contributed by atoms with Crippen LogP contribution in [0.1, 0.15) is 24.0 Å². The Morgan fingerprint density at radius 1 is 1.42 bits per heavy atom. The van der Waals surface area contributed by atoms with Crippen LogP contribution in [0.2, 0.25) is 0 Å². The number of carboxylic acids is 1. The number of piperidine rings is 1. The van der Waals surface area contributed by atoms with E-state index in [9.17, 15) is 4.79 Å². The first-order valence-electron chi connectivity index (χ1n) is 6.13. The molecule has 102 valence electrons. The van der Waals surface area contributed by atoms with Crippen LogP contribution in [-0.4, -0.2) is 29.1 Å². The maximum atomic E-state index is 11.0. The third-order valence-corrected chi connectivity index (χ3v) is 3.34. The largest absolute Gasteiger partial charge is 0.481 e. The molecule has 1 N–H and O–H groups in total. The van der Waals surface area contributed by atoms with Crippen LogP contribution in [0.5, 0.6) is 0 Å². The van der Waals surface area contributed by atoms with Crippen LogP contribution in [0.3, 0.4) is 0 Å². The Kier molecular flexibility index (Phi) is 5.81. The van der Waals surface area contributed by atoms with Gasteiger partial charge in [0.15, 0.2) is 0 Å². The molecule has 1 aliphatic heterocycles. The van der Waals surface area contributed by atoms with Gasteiger partial charge in [0, 0.05) is 13.1 Å². The van der Waals surface area contributed by atoms with Gasteiger partial charge in [0.25, 0.3) is 0 Å².